The van der Waals surface area contributed by atoms with Crippen molar-refractivity contribution < 1.29 is 18.8 Å². The van der Waals surface area contributed by atoms with Gasteiger partial charge in [0.15, 0.2) is 0 Å². The van der Waals surface area contributed by atoms with Crippen molar-refractivity contribution in [3.8, 4) is 0 Å². The molecule has 3 amide bonds. The van der Waals surface area contributed by atoms with Crippen LogP contribution in [0.2, 0.25) is 0 Å². The Labute approximate surface area is 223 Å². The number of aromatic nitrogens is 1. The Balaban J connectivity index is 1.41. The summed E-state index contributed by atoms with van der Waals surface area (Å²) in [5, 5.41) is 4.39. The summed E-state index contributed by atoms with van der Waals surface area (Å²) in [5.74, 6) is -3.40. The fraction of sp³-hybridized carbons (Fsp3) is 0.129. The third kappa shape index (κ3) is 3.18. The molecule has 1 N–H and O–H groups in total. The maximum atomic E-state index is 14.2. The Hall–Kier alpha value is -4.98. The minimum Gasteiger partial charge on any atom is -0.274 e. The van der Waals surface area contributed by atoms with E-state index in [1.54, 1.807) is 18.3 Å². The van der Waals surface area contributed by atoms with E-state index in [2.05, 4.69) is 15.5 Å². The molecule has 8 heteroatoms. The number of carbonyl (C=O) groups is 3. The standard InChI is InChI=1S/C31H21FN4O3/c32-19-9-11-20(12-10-19)36-29(38)26-25-21-5-1-3-7-23(21)31(27(26)30(36)39,24-8-4-2-6-22(24)25)17-34-35-28(37)18-13-15-33-16-14-18/h1-17,25-27H,(H,35,37)/b34-17-/t25?,26-,27-,31?/m0/s1. The van der Waals surface area contributed by atoms with Gasteiger partial charge in [-0.05, 0) is 58.7 Å². The number of halogens is 1. The molecule has 4 aliphatic rings. The molecule has 2 heterocycles. The lowest BCUT2D eigenvalue weighted by atomic mass is 9.47. The Morgan fingerprint density at radius 2 is 1.49 bits per heavy atom. The fourth-order valence-corrected chi connectivity index (χ4v) is 6.65. The number of pyridine rings is 1. The number of benzene rings is 3. The van der Waals surface area contributed by atoms with Gasteiger partial charge in [0.25, 0.3) is 5.91 Å². The SMILES string of the molecule is O=C(N/N=C\C12c3ccccc3C(c3ccccc31)[C@@H]1C(=O)N(c3ccc(F)cc3)C(=O)[C@H]12)c1ccncc1. The van der Waals surface area contributed by atoms with E-state index in [0.717, 1.165) is 22.3 Å². The summed E-state index contributed by atoms with van der Waals surface area (Å²) in [4.78, 5) is 46.2. The van der Waals surface area contributed by atoms with Gasteiger partial charge in [-0.15, -0.1) is 0 Å². The molecule has 2 atom stereocenters. The molecule has 0 saturated carbocycles. The van der Waals surface area contributed by atoms with E-state index < -0.39 is 29.0 Å². The van der Waals surface area contributed by atoms with Crippen LogP contribution in [0.4, 0.5) is 10.1 Å². The summed E-state index contributed by atoms with van der Waals surface area (Å²) < 4.78 is 13.7. The third-order valence-electron chi connectivity index (χ3n) is 8.15. The number of anilines is 1. The summed E-state index contributed by atoms with van der Waals surface area (Å²) >= 11 is 0. The molecule has 1 saturated heterocycles. The van der Waals surface area contributed by atoms with E-state index >= 15 is 0 Å². The molecule has 0 spiro atoms. The van der Waals surface area contributed by atoms with E-state index in [9.17, 15) is 18.8 Å². The second kappa shape index (κ2) is 8.52. The Morgan fingerprint density at radius 3 is 2.13 bits per heavy atom. The van der Waals surface area contributed by atoms with E-state index in [4.69, 9.17) is 0 Å². The first kappa shape index (κ1) is 23.2. The third-order valence-corrected chi connectivity index (χ3v) is 8.15. The van der Waals surface area contributed by atoms with Gasteiger partial charge in [0.2, 0.25) is 11.8 Å². The second-order valence-electron chi connectivity index (χ2n) is 9.95. The van der Waals surface area contributed by atoms with Crippen LogP contribution < -0.4 is 10.3 Å². The molecule has 3 aliphatic carbocycles. The number of hydrazone groups is 1. The molecule has 39 heavy (non-hydrogen) atoms. The molecule has 0 radical (unpaired) electrons. The molecule has 1 aromatic heterocycles. The van der Waals surface area contributed by atoms with Crippen molar-refractivity contribution in [2.75, 3.05) is 4.90 Å². The molecule has 0 unspecified atom stereocenters. The number of hydrogen-bond donors (Lipinski definition) is 1. The lowest BCUT2D eigenvalue weighted by molar-refractivity contribution is -0.122. The summed E-state index contributed by atoms with van der Waals surface area (Å²) in [6, 6.07) is 24.1. The first-order valence-electron chi connectivity index (χ1n) is 12.6. The summed E-state index contributed by atoms with van der Waals surface area (Å²) in [5.41, 5.74) is 5.84. The average molecular weight is 517 g/mol. The van der Waals surface area contributed by atoms with Crippen molar-refractivity contribution in [1.82, 2.24) is 10.4 Å². The molecule has 190 valence electrons. The number of amides is 3. The van der Waals surface area contributed by atoms with Crippen LogP contribution in [-0.2, 0) is 15.0 Å². The average Bonchev–Trinajstić information content (AvgIpc) is 3.25. The lowest BCUT2D eigenvalue weighted by Gasteiger charge is -2.52. The highest BCUT2D eigenvalue weighted by molar-refractivity contribution is 6.25. The summed E-state index contributed by atoms with van der Waals surface area (Å²) in [6.07, 6.45) is 4.64. The minimum absolute atomic E-state index is 0.325. The molecular formula is C31H21FN4O3. The largest absolute Gasteiger partial charge is 0.274 e. The molecule has 3 aromatic carbocycles. The van der Waals surface area contributed by atoms with Crippen LogP contribution in [0.3, 0.4) is 0 Å². The van der Waals surface area contributed by atoms with Crippen LogP contribution in [0, 0.1) is 17.7 Å². The predicted octanol–water partition coefficient (Wildman–Crippen LogP) is 4.19. The first-order valence-corrected chi connectivity index (χ1v) is 12.6. The van der Waals surface area contributed by atoms with Crippen molar-refractivity contribution >= 4 is 29.6 Å². The van der Waals surface area contributed by atoms with Crippen molar-refractivity contribution in [2.45, 2.75) is 11.3 Å². The van der Waals surface area contributed by atoms with E-state index in [1.165, 1.54) is 41.6 Å². The van der Waals surface area contributed by atoms with Gasteiger partial charge in [-0.2, -0.15) is 5.10 Å². The van der Waals surface area contributed by atoms with Crippen molar-refractivity contribution in [2.24, 2.45) is 16.9 Å². The molecule has 1 fully saturated rings. The summed E-state index contributed by atoms with van der Waals surface area (Å²) in [7, 11) is 0. The highest BCUT2D eigenvalue weighted by Gasteiger charge is 2.68. The van der Waals surface area contributed by atoms with Crippen LogP contribution in [0.15, 0.2) is 102 Å². The highest BCUT2D eigenvalue weighted by atomic mass is 19.1. The van der Waals surface area contributed by atoms with Gasteiger partial charge in [0.05, 0.1) is 22.9 Å². The van der Waals surface area contributed by atoms with Gasteiger partial charge in [0, 0.05) is 30.1 Å². The molecule has 4 aromatic rings. The number of imide groups is 1. The Morgan fingerprint density at radius 1 is 0.872 bits per heavy atom. The monoisotopic (exact) mass is 516 g/mol. The van der Waals surface area contributed by atoms with Gasteiger partial charge in [-0.1, -0.05) is 48.5 Å². The van der Waals surface area contributed by atoms with Crippen LogP contribution in [0.1, 0.15) is 38.5 Å². The van der Waals surface area contributed by atoms with Crippen molar-refractivity contribution in [3.05, 3.63) is 131 Å². The van der Waals surface area contributed by atoms with Crippen LogP contribution in [0.25, 0.3) is 0 Å². The highest BCUT2D eigenvalue weighted by Crippen LogP contribution is 2.63. The number of nitrogens with zero attached hydrogens (tertiary/aromatic N) is 3. The zero-order chi connectivity index (χ0) is 26.7. The molecular weight excluding hydrogens is 495 g/mol. The van der Waals surface area contributed by atoms with Gasteiger partial charge in [-0.25, -0.2) is 14.7 Å². The summed E-state index contributed by atoms with van der Waals surface area (Å²) in [6.45, 7) is 0. The van der Waals surface area contributed by atoms with Gasteiger partial charge in [0.1, 0.15) is 5.82 Å². The van der Waals surface area contributed by atoms with Crippen LogP contribution in [0.5, 0.6) is 0 Å². The number of carbonyl (C=O) groups excluding carboxylic acids is 3. The van der Waals surface area contributed by atoms with Gasteiger partial charge >= 0.3 is 0 Å². The quantitative estimate of drug-likeness (QED) is 0.250. The minimum atomic E-state index is -1.11. The topological polar surface area (TPSA) is 91.7 Å². The normalized spacial score (nSPS) is 24.4. The fourth-order valence-electron chi connectivity index (χ4n) is 6.65. The number of rotatable bonds is 4. The van der Waals surface area contributed by atoms with Crippen LogP contribution >= 0.6 is 0 Å². The Kier molecular flexibility index (Phi) is 5.06. The van der Waals surface area contributed by atoms with Crippen molar-refractivity contribution in [3.63, 3.8) is 0 Å². The first-order chi connectivity index (χ1) is 19.0. The lowest BCUT2D eigenvalue weighted by Crippen LogP contribution is -2.54. The smallest absolute Gasteiger partial charge is 0.271 e. The van der Waals surface area contributed by atoms with E-state index in [1.807, 2.05) is 48.5 Å². The number of nitrogens with one attached hydrogen (secondary N) is 1. The van der Waals surface area contributed by atoms with E-state index in [-0.39, 0.29) is 17.7 Å². The van der Waals surface area contributed by atoms with Gasteiger partial charge in [-0.3, -0.25) is 19.4 Å². The van der Waals surface area contributed by atoms with Crippen LogP contribution in [-0.4, -0.2) is 28.9 Å². The molecule has 2 bridgehead atoms. The second-order valence-corrected chi connectivity index (χ2v) is 9.95. The predicted molar refractivity (Wildman–Crippen MR) is 142 cm³/mol. The zero-order valence-corrected chi connectivity index (χ0v) is 20.5. The van der Waals surface area contributed by atoms with E-state index in [0.29, 0.717) is 11.3 Å². The molecule has 1 aliphatic heterocycles. The van der Waals surface area contributed by atoms with Gasteiger partial charge < -0.3 is 0 Å². The van der Waals surface area contributed by atoms with Crippen molar-refractivity contribution in [1.29, 1.82) is 0 Å². The Bertz CT molecular complexity index is 1640. The zero-order valence-electron chi connectivity index (χ0n) is 20.5. The molecule has 7 nitrogen and oxygen atoms in total. The maximum Gasteiger partial charge on any atom is 0.271 e. The molecule has 8 rings (SSSR count). The maximum absolute atomic E-state index is 14.2. The number of hydrogen-bond acceptors (Lipinski definition) is 5.